The molecule has 0 unspecified atom stereocenters. The predicted octanol–water partition coefficient (Wildman–Crippen LogP) is 4.26. The number of aromatic nitrogens is 2. The molecule has 27 heavy (non-hydrogen) atoms. The van der Waals surface area contributed by atoms with E-state index in [9.17, 15) is 4.79 Å². The van der Waals surface area contributed by atoms with Gasteiger partial charge in [-0.25, -0.2) is 0 Å². The molecule has 0 radical (unpaired) electrons. The maximum Gasteiger partial charge on any atom is 0.248 e. The molecule has 3 rings (SSSR count). The Morgan fingerprint density at radius 1 is 1.15 bits per heavy atom. The quantitative estimate of drug-likeness (QED) is 0.637. The van der Waals surface area contributed by atoms with Gasteiger partial charge in [0.1, 0.15) is 11.5 Å². The lowest BCUT2D eigenvalue weighted by Crippen LogP contribution is -2.08. The summed E-state index contributed by atoms with van der Waals surface area (Å²) in [6.07, 6.45) is 6.68. The van der Waals surface area contributed by atoms with Crippen molar-refractivity contribution in [3.63, 3.8) is 0 Å². The molecule has 6 heteroatoms. The lowest BCUT2D eigenvalue weighted by Gasteiger charge is -2.12. The van der Waals surface area contributed by atoms with Gasteiger partial charge in [-0.15, -0.1) is 0 Å². The van der Waals surface area contributed by atoms with E-state index < -0.39 is 0 Å². The third kappa shape index (κ3) is 5.22. The van der Waals surface area contributed by atoms with Gasteiger partial charge in [-0.05, 0) is 49.4 Å². The van der Waals surface area contributed by atoms with Gasteiger partial charge in [0.05, 0.1) is 18.5 Å². The van der Waals surface area contributed by atoms with Crippen molar-refractivity contribution >= 4 is 17.7 Å². The zero-order chi connectivity index (χ0) is 19.1. The molecule has 2 aromatic carbocycles. The molecule has 1 aromatic heterocycles. The average molecular weight is 363 g/mol. The standard InChI is InChI=1S/C21H21N3O3/c1-3-26-17-9-11-18(12-10-17)27-20-7-5-4-6-19(20)23-21(25)13-8-16-14-22-24(2)15-16/h4-15H,3H2,1-2H3,(H,23,25)/b13-8+. The van der Waals surface area contributed by atoms with Crippen molar-refractivity contribution in [3.8, 4) is 17.2 Å². The number of amides is 1. The summed E-state index contributed by atoms with van der Waals surface area (Å²) in [4.78, 5) is 12.2. The number of carbonyl (C=O) groups excluding carboxylic acids is 1. The van der Waals surface area contributed by atoms with Crippen LogP contribution < -0.4 is 14.8 Å². The second-order valence-electron chi connectivity index (χ2n) is 5.77. The topological polar surface area (TPSA) is 65.4 Å². The van der Waals surface area contributed by atoms with Crippen molar-refractivity contribution in [2.45, 2.75) is 6.92 Å². The molecule has 0 atom stereocenters. The molecule has 1 amide bonds. The number of rotatable bonds is 7. The molecule has 6 nitrogen and oxygen atoms in total. The molecular weight excluding hydrogens is 342 g/mol. The minimum absolute atomic E-state index is 0.249. The van der Waals surface area contributed by atoms with Crippen LogP contribution in [0.15, 0.2) is 67.0 Å². The normalized spacial score (nSPS) is 10.7. The van der Waals surface area contributed by atoms with Crippen LogP contribution in [0.2, 0.25) is 0 Å². The first-order valence-electron chi connectivity index (χ1n) is 8.61. The smallest absolute Gasteiger partial charge is 0.248 e. The van der Waals surface area contributed by atoms with E-state index in [1.165, 1.54) is 6.08 Å². The van der Waals surface area contributed by atoms with E-state index in [1.807, 2.05) is 56.6 Å². The van der Waals surface area contributed by atoms with Crippen LogP contribution in [0.25, 0.3) is 6.08 Å². The second kappa shape index (κ2) is 8.71. The van der Waals surface area contributed by atoms with Crippen LogP contribution in [-0.4, -0.2) is 22.3 Å². The van der Waals surface area contributed by atoms with Crippen LogP contribution in [0.5, 0.6) is 17.2 Å². The fourth-order valence-electron chi connectivity index (χ4n) is 2.43. The molecular formula is C21H21N3O3. The Balaban J connectivity index is 1.68. The number of aryl methyl sites for hydroxylation is 1. The minimum atomic E-state index is -0.249. The van der Waals surface area contributed by atoms with Gasteiger partial charge < -0.3 is 14.8 Å². The van der Waals surface area contributed by atoms with Crippen LogP contribution in [0, 0.1) is 0 Å². The Bertz CT molecular complexity index is 930. The Labute approximate surface area is 158 Å². The van der Waals surface area contributed by atoms with E-state index in [1.54, 1.807) is 29.1 Å². The number of hydrogen-bond donors (Lipinski definition) is 1. The molecule has 0 bridgehead atoms. The minimum Gasteiger partial charge on any atom is -0.494 e. The zero-order valence-electron chi connectivity index (χ0n) is 15.3. The molecule has 0 aliphatic rings. The highest BCUT2D eigenvalue weighted by Crippen LogP contribution is 2.30. The van der Waals surface area contributed by atoms with Gasteiger partial charge in [0, 0.05) is 24.9 Å². The summed E-state index contributed by atoms with van der Waals surface area (Å²) in [7, 11) is 1.83. The molecule has 1 N–H and O–H groups in total. The first-order chi connectivity index (χ1) is 13.1. The van der Waals surface area contributed by atoms with Gasteiger partial charge in [0.2, 0.25) is 5.91 Å². The van der Waals surface area contributed by atoms with Crippen molar-refractivity contribution in [2.75, 3.05) is 11.9 Å². The predicted molar refractivity (Wildman–Crippen MR) is 105 cm³/mol. The number of ether oxygens (including phenoxy) is 2. The van der Waals surface area contributed by atoms with Crippen LogP contribution in [0.1, 0.15) is 12.5 Å². The summed E-state index contributed by atoms with van der Waals surface area (Å²) in [5.74, 6) is 1.75. The molecule has 0 saturated heterocycles. The number of hydrogen-bond acceptors (Lipinski definition) is 4. The zero-order valence-corrected chi connectivity index (χ0v) is 15.3. The van der Waals surface area contributed by atoms with Crippen LogP contribution in [-0.2, 0) is 11.8 Å². The number of para-hydroxylation sites is 2. The van der Waals surface area contributed by atoms with Crippen LogP contribution in [0.3, 0.4) is 0 Å². The van der Waals surface area contributed by atoms with Gasteiger partial charge in [0.25, 0.3) is 0 Å². The van der Waals surface area contributed by atoms with Gasteiger partial charge >= 0.3 is 0 Å². The maximum atomic E-state index is 12.2. The first kappa shape index (κ1) is 18.3. The van der Waals surface area contributed by atoms with Crippen molar-refractivity contribution in [3.05, 3.63) is 72.6 Å². The lowest BCUT2D eigenvalue weighted by atomic mass is 10.2. The van der Waals surface area contributed by atoms with E-state index in [4.69, 9.17) is 9.47 Å². The lowest BCUT2D eigenvalue weighted by molar-refractivity contribution is -0.111. The van der Waals surface area contributed by atoms with Crippen LogP contribution in [0.4, 0.5) is 5.69 Å². The second-order valence-corrected chi connectivity index (χ2v) is 5.77. The fraction of sp³-hybridized carbons (Fsp3) is 0.143. The number of benzene rings is 2. The van der Waals surface area contributed by atoms with E-state index in [0.717, 1.165) is 11.3 Å². The maximum absolute atomic E-state index is 12.2. The molecule has 0 aliphatic carbocycles. The fourth-order valence-corrected chi connectivity index (χ4v) is 2.43. The molecule has 0 fully saturated rings. The molecule has 0 spiro atoms. The highest BCUT2D eigenvalue weighted by Gasteiger charge is 2.07. The molecule has 3 aromatic rings. The summed E-state index contributed by atoms with van der Waals surface area (Å²) in [6.45, 7) is 2.55. The average Bonchev–Trinajstić information content (AvgIpc) is 3.09. The molecule has 0 aliphatic heterocycles. The summed E-state index contributed by atoms with van der Waals surface area (Å²) in [5.41, 5.74) is 1.44. The van der Waals surface area contributed by atoms with E-state index >= 15 is 0 Å². The summed E-state index contributed by atoms with van der Waals surface area (Å²) in [6, 6.07) is 14.6. The number of carbonyl (C=O) groups is 1. The van der Waals surface area contributed by atoms with E-state index in [-0.39, 0.29) is 5.91 Å². The first-order valence-corrected chi connectivity index (χ1v) is 8.61. The Hall–Kier alpha value is -3.54. The molecule has 138 valence electrons. The number of nitrogens with one attached hydrogen (secondary N) is 1. The Morgan fingerprint density at radius 2 is 1.89 bits per heavy atom. The molecule has 0 saturated carbocycles. The van der Waals surface area contributed by atoms with Crippen molar-refractivity contribution < 1.29 is 14.3 Å². The number of nitrogens with zero attached hydrogens (tertiary/aromatic N) is 2. The monoisotopic (exact) mass is 363 g/mol. The van der Waals surface area contributed by atoms with Gasteiger partial charge in [-0.3, -0.25) is 9.48 Å². The van der Waals surface area contributed by atoms with Gasteiger partial charge in [0.15, 0.2) is 5.75 Å². The van der Waals surface area contributed by atoms with Gasteiger partial charge in [-0.2, -0.15) is 5.10 Å². The van der Waals surface area contributed by atoms with Gasteiger partial charge in [-0.1, -0.05) is 12.1 Å². The van der Waals surface area contributed by atoms with Crippen LogP contribution >= 0.6 is 0 Å². The third-order valence-corrected chi connectivity index (χ3v) is 3.66. The van der Waals surface area contributed by atoms with Crippen molar-refractivity contribution in [1.29, 1.82) is 0 Å². The SMILES string of the molecule is CCOc1ccc(Oc2ccccc2NC(=O)/C=C/c2cnn(C)c2)cc1. The van der Waals surface area contributed by atoms with Crippen molar-refractivity contribution in [1.82, 2.24) is 9.78 Å². The molecule has 1 heterocycles. The highest BCUT2D eigenvalue weighted by molar-refractivity contribution is 6.02. The summed E-state index contributed by atoms with van der Waals surface area (Å²) in [5, 5.41) is 6.90. The summed E-state index contributed by atoms with van der Waals surface area (Å²) < 4.78 is 13.0. The van der Waals surface area contributed by atoms with E-state index in [2.05, 4.69) is 10.4 Å². The Morgan fingerprint density at radius 3 is 2.59 bits per heavy atom. The largest absolute Gasteiger partial charge is 0.494 e. The van der Waals surface area contributed by atoms with E-state index in [0.29, 0.717) is 23.8 Å². The Kier molecular flexibility index (Phi) is 5.89. The third-order valence-electron chi connectivity index (χ3n) is 3.66. The summed E-state index contributed by atoms with van der Waals surface area (Å²) >= 11 is 0. The highest BCUT2D eigenvalue weighted by atomic mass is 16.5. The van der Waals surface area contributed by atoms with Crippen molar-refractivity contribution in [2.24, 2.45) is 7.05 Å². The number of anilines is 1.